The highest BCUT2D eigenvalue weighted by molar-refractivity contribution is 5.94. The van der Waals surface area contributed by atoms with Crippen LogP contribution in [0.15, 0.2) is 65.5 Å². The normalized spacial score (nSPS) is 17.9. The van der Waals surface area contributed by atoms with Crippen LogP contribution in [-0.2, 0) is 39.2 Å². The standard InChI is InChI=1S/C28H19F3N2O5/c1-2-27(38-25(35)16-7-5-8-18(11-16)28(29,30)31)20-12-22-23-17(10-15-6-3-4-9-21(15)32-23)13-33(22)24(34)19(20)14-37-26(27)36/h3-12H,2,13-14H2,1H3. The Morgan fingerprint density at radius 3 is 2.66 bits per heavy atom. The molecule has 2 aliphatic rings. The van der Waals surface area contributed by atoms with Crippen molar-refractivity contribution in [3.8, 4) is 11.4 Å². The third-order valence-electron chi connectivity index (χ3n) is 7.08. The molecule has 10 heteroatoms. The van der Waals surface area contributed by atoms with Gasteiger partial charge in [0.05, 0.1) is 40.1 Å². The zero-order chi connectivity index (χ0) is 26.8. The number of ether oxygens (including phenoxy) is 2. The molecule has 0 saturated heterocycles. The number of fused-ring (bicyclic) bond motifs is 5. The van der Waals surface area contributed by atoms with Crippen molar-refractivity contribution in [1.29, 1.82) is 0 Å². The number of cyclic esters (lactones) is 1. The van der Waals surface area contributed by atoms with Gasteiger partial charge < -0.3 is 14.0 Å². The molecule has 0 N–H and O–H groups in total. The first-order chi connectivity index (χ1) is 18.1. The zero-order valence-corrected chi connectivity index (χ0v) is 20.0. The van der Waals surface area contributed by atoms with E-state index in [1.807, 2.05) is 30.3 Å². The van der Waals surface area contributed by atoms with Gasteiger partial charge in [-0.2, -0.15) is 13.2 Å². The minimum absolute atomic E-state index is 0.107. The first-order valence-electron chi connectivity index (χ1n) is 11.9. The van der Waals surface area contributed by atoms with Gasteiger partial charge in [-0.25, -0.2) is 14.6 Å². The van der Waals surface area contributed by atoms with Gasteiger partial charge in [-0.05, 0) is 42.8 Å². The summed E-state index contributed by atoms with van der Waals surface area (Å²) < 4.78 is 52.1. The van der Waals surface area contributed by atoms with Gasteiger partial charge in [0.25, 0.3) is 5.56 Å². The number of nitrogens with zero attached hydrogens (tertiary/aromatic N) is 2. The van der Waals surface area contributed by atoms with Crippen molar-refractivity contribution in [2.45, 2.75) is 38.3 Å². The summed E-state index contributed by atoms with van der Waals surface area (Å²) in [7, 11) is 0. The molecule has 0 bridgehead atoms. The van der Waals surface area contributed by atoms with E-state index in [1.165, 1.54) is 10.6 Å². The van der Waals surface area contributed by atoms with E-state index >= 15 is 0 Å². The molecule has 1 unspecified atom stereocenters. The van der Waals surface area contributed by atoms with Crippen molar-refractivity contribution < 1.29 is 32.2 Å². The molecule has 4 heterocycles. The Bertz CT molecular complexity index is 1730. The van der Waals surface area contributed by atoms with Gasteiger partial charge in [-0.15, -0.1) is 0 Å². The minimum atomic E-state index is -4.67. The quantitative estimate of drug-likeness (QED) is 0.313. The lowest BCUT2D eigenvalue weighted by atomic mass is 9.85. The number of carbonyl (C=O) groups excluding carboxylic acids is 2. The van der Waals surface area contributed by atoms with E-state index in [4.69, 9.17) is 14.5 Å². The van der Waals surface area contributed by atoms with Gasteiger partial charge in [-0.3, -0.25) is 4.79 Å². The van der Waals surface area contributed by atoms with Crippen LogP contribution in [0.1, 0.15) is 46.0 Å². The predicted molar refractivity (Wildman–Crippen MR) is 129 cm³/mol. The average molecular weight is 520 g/mol. The van der Waals surface area contributed by atoms with E-state index in [0.717, 1.165) is 28.6 Å². The summed E-state index contributed by atoms with van der Waals surface area (Å²) in [4.78, 5) is 44.5. The number of carbonyl (C=O) groups is 2. The third-order valence-corrected chi connectivity index (χ3v) is 7.08. The third kappa shape index (κ3) is 3.51. The lowest BCUT2D eigenvalue weighted by molar-refractivity contribution is -0.173. The molecule has 0 fully saturated rings. The van der Waals surface area contributed by atoms with E-state index in [-0.39, 0.29) is 36.3 Å². The summed E-state index contributed by atoms with van der Waals surface area (Å²) in [6.45, 7) is 1.52. The second-order valence-corrected chi connectivity index (χ2v) is 9.23. The van der Waals surface area contributed by atoms with Crippen LogP contribution in [0.2, 0.25) is 0 Å². The highest BCUT2D eigenvalue weighted by Crippen LogP contribution is 2.41. The predicted octanol–water partition coefficient (Wildman–Crippen LogP) is 4.96. The summed E-state index contributed by atoms with van der Waals surface area (Å²) in [5.41, 5.74) is -0.999. The number of benzene rings is 2. The van der Waals surface area contributed by atoms with Crippen LogP contribution in [0, 0.1) is 0 Å². The summed E-state index contributed by atoms with van der Waals surface area (Å²) in [5, 5.41) is 0.910. The van der Waals surface area contributed by atoms with Crippen molar-refractivity contribution in [3.05, 3.63) is 98.8 Å². The van der Waals surface area contributed by atoms with Gasteiger partial charge in [-0.1, -0.05) is 31.2 Å². The van der Waals surface area contributed by atoms with Gasteiger partial charge in [0.15, 0.2) is 0 Å². The van der Waals surface area contributed by atoms with Crippen molar-refractivity contribution >= 4 is 22.8 Å². The molecule has 0 amide bonds. The van der Waals surface area contributed by atoms with Crippen molar-refractivity contribution in [2.75, 3.05) is 0 Å². The topological polar surface area (TPSA) is 87.5 Å². The molecule has 0 saturated carbocycles. The summed E-state index contributed by atoms with van der Waals surface area (Å²) in [5.74, 6) is -2.05. The molecular formula is C28H19F3N2O5. The van der Waals surface area contributed by atoms with Crippen molar-refractivity contribution in [2.24, 2.45) is 0 Å². The molecule has 1 atom stereocenters. The Labute approximate surface area is 213 Å². The number of pyridine rings is 2. The number of halogens is 3. The molecule has 6 rings (SSSR count). The second-order valence-electron chi connectivity index (χ2n) is 9.23. The molecule has 4 aromatic rings. The van der Waals surface area contributed by atoms with Gasteiger partial charge in [0.2, 0.25) is 5.60 Å². The monoisotopic (exact) mass is 520 g/mol. The lowest BCUT2D eigenvalue weighted by Crippen LogP contribution is -2.47. The van der Waals surface area contributed by atoms with E-state index in [1.54, 1.807) is 13.0 Å². The Morgan fingerprint density at radius 2 is 1.89 bits per heavy atom. The van der Waals surface area contributed by atoms with Crippen LogP contribution in [0.5, 0.6) is 0 Å². The van der Waals surface area contributed by atoms with E-state index in [2.05, 4.69) is 0 Å². The van der Waals surface area contributed by atoms with Crippen LogP contribution < -0.4 is 5.56 Å². The number of rotatable bonds is 3. The summed E-state index contributed by atoms with van der Waals surface area (Å²) in [6, 6.07) is 14.8. The van der Waals surface area contributed by atoms with Crippen molar-refractivity contribution in [1.82, 2.24) is 9.55 Å². The molecule has 192 valence electrons. The van der Waals surface area contributed by atoms with Crippen LogP contribution in [0.25, 0.3) is 22.3 Å². The van der Waals surface area contributed by atoms with Gasteiger partial charge in [0.1, 0.15) is 6.61 Å². The van der Waals surface area contributed by atoms with Crippen LogP contribution in [-0.4, -0.2) is 21.5 Å². The lowest BCUT2D eigenvalue weighted by Gasteiger charge is -2.35. The molecule has 0 aliphatic carbocycles. The number of esters is 2. The van der Waals surface area contributed by atoms with Crippen LogP contribution in [0.3, 0.4) is 0 Å². The highest BCUT2D eigenvalue weighted by Gasteiger charge is 2.50. The SMILES string of the molecule is CCC1(OC(=O)c2cccc(C(F)(F)F)c2)C(=O)OCc2c1cc1n(c2=O)Cc2cc3ccccc3nc2-1. The molecular weight excluding hydrogens is 501 g/mol. The highest BCUT2D eigenvalue weighted by atomic mass is 19.4. The Morgan fingerprint density at radius 1 is 1.11 bits per heavy atom. The van der Waals surface area contributed by atoms with Crippen LogP contribution >= 0.6 is 0 Å². The second kappa shape index (κ2) is 8.27. The largest absolute Gasteiger partial charge is 0.457 e. The van der Waals surface area contributed by atoms with Crippen LogP contribution in [0.4, 0.5) is 13.2 Å². The molecule has 7 nitrogen and oxygen atoms in total. The molecule has 2 aliphatic heterocycles. The number of hydrogen-bond acceptors (Lipinski definition) is 6. The van der Waals surface area contributed by atoms with Gasteiger partial charge >= 0.3 is 18.1 Å². The maximum Gasteiger partial charge on any atom is 0.416 e. The fraction of sp³-hybridized carbons (Fsp3) is 0.214. The minimum Gasteiger partial charge on any atom is -0.457 e. The fourth-order valence-corrected chi connectivity index (χ4v) is 5.12. The molecule has 0 spiro atoms. The zero-order valence-electron chi connectivity index (χ0n) is 20.0. The van der Waals surface area contributed by atoms with E-state index in [9.17, 15) is 27.6 Å². The maximum atomic E-state index is 13.6. The molecule has 0 radical (unpaired) electrons. The average Bonchev–Trinajstić information content (AvgIpc) is 3.26. The summed E-state index contributed by atoms with van der Waals surface area (Å²) >= 11 is 0. The Kier molecular flexibility index (Phi) is 5.20. The fourth-order valence-electron chi connectivity index (χ4n) is 5.12. The van der Waals surface area contributed by atoms with E-state index in [0.29, 0.717) is 17.5 Å². The number of hydrogen-bond donors (Lipinski definition) is 0. The maximum absolute atomic E-state index is 13.6. The molecule has 2 aromatic heterocycles. The van der Waals surface area contributed by atoms with E-state index < -0.39 is 34.8 Å². The first kappa shape index (κ1) is 23.9. The summed E-state index contributed by atoms with van der Waals surface area (Å²) in [6.07, 6.45) is -4.78. The number of aromatic nitrogens is 2. The van der Waals surface area contributed by atoms with Crippen molar-refractivity contribution in [3.63, 3.8) is 0 Å². The Hall–Kier alpha value is -4.47. The van der Waals surface area contributed by atoms with Gasteiger partial charge in [0, 0.05) is 16.5 Å². The smallest absolute Gasteiger partial charge is 0.416 e. The number of para-hydroxylation sites is 1. The molecule has 38 heavy (non-hydrogen) atoms. The molecule has 2 aromatic carbocycles. The first-order valence-corrected chi connectivity index (χ1v) is 11.9. The number of alkyl halides is 3. The Balaban J connectivity index is 1.49.